The number of aromatic nitrogens is 3. The molecule has 0 atom stereocenters. The number of nitrogens with one attached hydrogen (secondary N) is 1. The summed E-state index contributed by atoms with van der Waals surface area (Å²) >= 11 is 0. The third-order valence-corrected chi connectivity index (χ3v) is 3.90. The van der Waals surface area contributed by atoms with E-state index in [0.29, 0.717) is 0 Å². The Bertz CT molecular complexity index is 1050. The first-order chi connectivity index (χ1) is 13.2. The minimum atomic E-state index is -4.57. The third-order valence-electron chi connectivity index (χ3n) is 3.90. The third kappa shape index (κ3) is 3.82. The Kier molecular flexibility index (Phi) is 4.82. The highest BCUT2D eigenvalue weighted by molar-refractivity contribution is 6.05. The lowest BCUT2D eigenvalue weighted by molar-refractivity contribution is -0.384. The van der Waals surface area contributed by atoms with Gasteiger partial charge in [0, 0.05) is 17.3 Å². The lowest BCUT2D eigenvalue weighted by Gasteiger charge is -2.13. The van der Waals surface area contributed by atoms with Crippen LogP contribution in [0.25, 0.3) is 5.69 Å². The summed E-state index contributed by atoms with van der Waals surface area (Å²) in [5, 5.41) is 17.5. The number of hydrogen-bond donors (Lipinski definition) is 1. The SMILES string of the molecule is Cc1ccc(NC(=O)c2ccc(-n3cncn3)c([N+](=O)[O-])c2)cc1C(F)(F)F. The van der Waals surface area contributed by atoms with E-state index in [1.54, 1.807) is 0 Å². The monoisotopic (exact) mass is 391 g/mol. The van der Waals surface area contributed by atoms with Crippen molar-refractivity contribution in [3.05, 3.63) is 75.9 Å². The van der Waals surface area contributed by atoms with Crippen molar-refractivity contribution in [2.24, 2.45) is 0 Å². The Hall–Kier alpha value is -3.76. The molecule has 0 unspecified atom stereocenters. The van der Waals surface area contributed by atoms with Crippen molar-refractivity contribution in [2.45, 2.75) is 13.1 Å². The van der Waals surface area contributed by atoms with Gasteiger partial charge in [0.2, 0.25) is 0 Å². The molecule has 0 aliphatic heterocycles. The van der Waals surface area contributed by atoms with E-state index in [0.717, 1.165) is 16.8 Å². The Morgan fingerprint density at radius 2 is 1.96 bits per heavy atom. The molecule has 8 nitrogen and oxygen atoms in total. The van der Waals surface area contributed by atoms with Crippen molar-refractivity contribution >= 4 is 17.3 Å². The highest BCUT2D eigenvalue weighted by Gasteiger charge is 2.32. The molecule has 11 heteroatoms. The molecule has 0 aliphatic rings. The second kappa shape index (κ2) is 7.10. The van der Waals surface area contributed by atoms with Crippen LogP contribution in [0.15, 0.2) is 49.1 Å². The van der Waals surface area contributed by atoms with Gasteiger partial charge in [-0.3, -0.25) is 14.9 Å². The molecular weight excluding hydrogens is 379 g/mol. The standard InChI is InChI=1S/C17H12F3N5O3/c1-10-2-4-12(7-13(10)17(18,19)20)23-16(26)11-3-5-14(15(6-11)25(27)28)24-9-21-8-22-24/h2-9H,1H3,(H,23,26). The van der Waals surface area contributed by atoms with E-state index in [4.69, 9.17) is 0 Å². The van der Waals surface area contributed by atoms with Gasteiger partial charge in [0.25, 0.3) is 11.6 Å². The Labute approximate surface area is 155 Å². The summed E-state index contributed by atoms with van der Waals surface area (Å²) in [5.74, 6) is -0.787. The van der Waals surface area contributed by atoms with E-state index in [1.807, 2.05) is 0 Å². The molecule has 1 aromatic heterocycles. The number of aryl methyl sites for hydroxylation is 1. The van der Waals surface area contributed by atoms with Crippen LogP contribution in [0.1, 0.15) is 21.5 Å². The van der Waals surface area contributed by atoms with E-state index < -0.39 is 28.3 Å². The van der Waals surface area contributed by atoms with Crippen LogP contribution >= 0.6 is 0 Å². The molecule has 0 aliphatic carbocycles. The lowest BCUT2D eigenvalue weighted by Crippen LogP contribution is -2.14. The van der Waals surface area contributed by atoms with Gasteiger partial charge in [-0.2, -0.15) is 18.3 Å². The number of hydrogen-bond acceptors (Lipinski definition) is 5. The number of carbonyl (C=O) groups excluding carboxylic acids is 1. The molecule has 0 bridgehead atoms. The van der Waals surface area contributed by atoms with Gasteiger partial charge >= 0.3 is 6.18 Å². The molecule has 28 heavy (non-hydrogen) atoms. The number of carbonyl (C=O) groups is 1. The number of amides is 1. The highest BCUT2D eigenvalue weighted by Crippen LogP contribution is 2.33. The summed E-state index contributed by atoms with van der Waals surface area (Å²) in [7, 11) is 0. The number of nitrogens with zero attached hydrogens (tertiary/aromatic N) is 4. The molecule has 3 rings (SSSR count). The Morgan fingerprint density at radius 3 is 2.57 bits per heavy atom. The number of alkyl halides is 3. The van der Waals surface area contributed by atoms with Gasteiger partial charge in [0.05, 0.1) is 10.5 Å². The number of benzene rings is 2. The van der Waals surface area contributed by atoms with E-state index >= 15 is 0 Å². The zero-order valence-electron chi connectivity index (χ0n) is 14.3. The molecule has 0 fully saturated rings. The van der Waals surface area contributed by atoms with Crippen molar-refractivity contribution in [1.82, 2.24) is 14.8 Å². The summed E-state index contributed by atoms with van der Waals surface area (Å²) in [5.41, 5.74) is -1.35. The maximum Gasteiger partial charge on any atom is 0.416 e. The lowest BCUT2D eigenvalue weighted by atomic mass is 10.1. The normalized spacial score (nSPS) is 11.3. The summed E-state index contributed by atoms with van der Waals surface area (Å²) < 4.78 is 40.2. The maximum absolute atomic E-state index is 13.0. The summed E-state index contributed by atoms with van der Waals surface area (Å²) in [4.78, 5) is 26.7. The molecule has 144 valence electrons. The fourth-order valence-electron chi connectivity index (χ4n) is 2.55. The zero-order chi connectivity index (χ0) is 20.5. The molecule has 0 saturated heterocycles. The number of nitro benzene ring substituents is 1. The molecule has 0 radical (unpaired) electrons. The van der Waals surface area contributed by atoms with E-state index in [2.05, 4.69) is 15.4 Å². The molecule has 2 aromatic carbocycles. The van der Waals surface area contributed by atoms with Crippen LogP contribution in [-0.4, -0.2) is 25.6 Å². The smallest absolute Gasteiger partial charge is 0.322 e. The van der Waals surface area contributed by atoms with E-state index in [1.165, 1.54) is 43.8 Å². The van der Waals surface area contributed by atoms with Crippen molar-refractivity contribution < 1.29 is 22.9 Å². The molecule has 0 saturated carbocycles. The van der Waals surface area contributed by atoms with Gasteiger partial charge in [0.15, 0.2) is 0 Å². The number of nitro groups is 1. The topological polar surface area (TPSA) is 103 Å². The first kappa shape index (κ1) is 19.0. The van der Waals surface area contributed by atoms with E-state index in [-0.39, 0.29) is 22.5 Å². The number of anilines is 1. The molecule has 1 amide bonds. The fraction of sp³-hybridized carbons (Fsp3) is 0.118. The predicted octanol–water partition coefficient (Wildman–Crippen LogP) is 3.76. The Balaban J connectivity index is 1.91. The van der Waals surface area contributed by atoms with Crippen LogP contribution in [0, 0.1) is 17.0 Å². The second-order valence-electron chi connectivity index (χ2n) is 5.78. The number of halogens is 3. The maximum atomic E-state index is 13.0. The average Bonchev–Trinajstić information content (AvgIpc) is 3.16. The van der Waals surface area contributed by atoms with Crippen LogP contribution in [0.2, 0.25) is 0 Å². The van der Waals surface area contributed by atoms with Crippen LogP contribution in [0.4, 0.5) is 24.5 Å². The highest BCUT2D eigenvalue weighted by atomic mass is 19.4. The van der Waals surface area contributed by atoms with E-state index in [9.17, 15) is 28.1 Å². The van der Waals surface area contributed by atoms with Crippen molar-refractivity contribution in [3.63, 3.8) is 0 Å². The average molecular weight is 391 g/mol. The zero-order valence-corrected chi connectivity index (χ0v) is 14.3. The molecule has 1 N–H and O–H groups in total. The van der Waals surface area contributed by atoms with Crippen LogP contribution < -0.4 is 5.32 Å². The van der Waals surface area contributed by atoms with Crippen LogP contribution in [-0.2, 0) is 6.18 Å². The summed E-state index contributed by atoms with van der Waals surface area (Å²) in [6, 6.07) is 6.99. The quantitative estimate of drug-likeness (QED) is 0.539. The molecule has 0 spiro atoms. The summed E-state index contributed by atoms with van der Waals surface area (Å²) in [6.45, 7) is 1.31. The van der Waals surface area contributed by atoms with Crippen molar-refractivity contribution in [3.8, 4) is 5.69 Å². The summed E-state index contributed by atoms with van der Waals surface area (Å²) in [6.07, 6.45) is -2.12. The second-order valence-corrected chi connectivity index (χ2v) is 5.78. The first-order valence-corrected chi connectivity index (χ1v) is 7.79. The largest absolute Gasteiger partial charge is 0.416 e. The predicted molar refractivity (Wildman–Crippen MR) is 92.1 cm³/mol. The van der Waals surface area contributed by atoms with Crippen LogP contribution in [0.3, 0.4) is 0 Å². The first-order valence-electron chi connectivity index (χ1n) is 7.79. The molecule has 1 heterocycles. The van der Waals surface area contributed by atoms with Crippen molar-refractivity contribution in [2.75, 3.05) is 5.32 Å². The van der Waals surface area contributed by atoms with Gasteiger partial charge < -0.3 is 5.32 Å². The number of rotatable bonds is 4. The van der Waals surface area contributed by atoms with Crippen molar-refractivity contribution in [1.29, 1.82) is 0 Å². The molecular formula is C17H12F3N5O3. The van der Waals surface area contributed by atoms with Crippen LogP contribution in [0.5, 0.6) is 0 Å². The minimum absolute atomic E-state index is 0.0123. The van der Waals surface area contributed by atoms with Gasteiger partial charge in [-0.1, -0.05) is 6.07 Å². The fourth-order valence-corrected chi connectivity index (χ4v) is 2.55. The van der Waals surface area contributed by atoms with Gasteiger partial charge in [-0.25, -0.2) is 9.67 Å². The van der Waals surface area contributed by atoms with Gasteiger partial charge in [-0.05, 0) is 36.8 Å². The van der Waals surface area contributed by atoms with Gasteiger partial charge in [-0.15, -0.1) is 0 Å². The van der Waals surface area contributed by atoms with Gasteiger partial charge in [0.1, 0.15) is 18.3 Å². The Morgan fingerprint density at radius 1 is 1.21 bits per heavy atom. The minimum Gasteiger partial charge on any atom is -0.322 e. The molecule has 3 aromatic rings.